The molecule has 0 aliphatic rings. The maximum Gasteiger partial charge on any atom is 0.149 e. The third kappa shape index (κ3) is 3.60. The van der Waals surface area contributed by atoms with E-state index in [0.717, 1.165) is 12.8 Å². The fraction of sp³-hybridized carbons (Fsp3) is 0.538. The number of aliphatic hydroxyl groups excluding tert-OH is 1. The molecule has 0 aromatic carbocycles. The molecule has 1 atom stereocenters. The first-order valence-electron chi connectivity index (χ1n) is 6.19. The molecule has 0 spiro atoms. The van der Waals surface area contributed by atoms with Crippen LogP contribution in [0.3, 0.4) is 0 Å². The number of hydrogen-bond acceptors (Lipinski definition) is 5. The number of nitriles is 1. The number of nitrogens with one attached hydrogen (secondary N) is 1. The summed E-state index contributed by atoms with van der Waals surface area (Å²) in [6.07, 6.45) is 2.92. The molecule has 4 N–H and O–H groups in total. The molecule has 1 rings (SSSR count). The molecular weight excluding hydrogens is 228 g/mol. The van der Waals surface area contributed by atoms with Gasteiger partial charge in [-0.15, -0.1) is 0 Å². The zero-order chi connectivity index (χ0) is 13.5. The Balaban J connectivity index is 2.61. The van der Waals surface area contributed by atoms with E-state index in [1.807, 2.05) is 6.07 Å². The molecule has 5 heteroatoms. The highest BCUT2D eigenvalue weighted by molar-refractivity contribution is 5.63. The SMILES string of the molecule is CCC(CC)C(O)CNc1ncc(C#N)cc1N. The standard InChI is InChI=1S/C13H20N4O/c1-3-10(4-2)12(18)8-17-13-11(15)5-9(6-14)7-16-13/h5,7,10,12,18H,3-4,8,15H2,1-2H3,(H,16,17). The van der Waals surface area contributed by atoms with E-state index in [1.165, 1.54) is 6.20 Å². The number of nitrogens with zero attached hydrogens (tertiary/aromatic N) is 2. The molecule has 98 valence electrons. The number of aromatic nitrogens is 1. The van der Waals surface area contributed by atoms with Crippen molar-refractivity contribution in [3.05, 3.63) is 17.8 Å². The van der Waals surface area contributed by atoms with Crippen LogP contribution in [0.5, 0.6) is 0 Å². The van der Waals surface area contributed by atoms with Crippen molar-refractivity contribution in [1.29, 1.82) is 5.26 Å². The number of pyridine rings is 1. The Morgan fingerprint density at radius 1 is 1.50 bits per heavy atom. The largest absolute Gasteiger partial charge is 0.396 e. The van der Waals surface area contributed by atoms with Gasteiger partial charge in [0.15, 0.2) is 0 Å². The normalized spacial score (nSPS) is 12.2. The van der Waals surface area contributed by atoms with Gasteiger partial charge in [-0.25, -0.2) is 4.98 Å². The van der Waals surface area contributed by atoms with E-state index < -0.39 is 6.10 Å². The van der Waals surface area contributed by atoms with E-state index in [-0.39, 0.29) is 5.92 Å². The number of rotatable bonds is 6. The average molecular weight is 248 g/mol. The highest BCUT2D eigenvalue weighted by Gasteiger charge is 2.15. The molecule has 0 radical (unpaired) electrons. The minimum atomic E-state index is -0.420. The molecule has 0 saturated heterocycles. The van der Waals surface area contributed by atoms with Crippen molar-refractivity contribution < 1.29 is 5.11 Å². The van der Waals surface area contributed by atoms with E-state index in [0.29, 0.717) is 23.6 Å². The Kier molecular flexibility index (Phi) is 5.40. The Hall–Kier alpha value is -1.80. The quantitative estimate of drug-likeness (QED) is 0.712. The maximum absolute atomic E-state index is 9.98. The molecule has 1 aromatic heterocycles. The second-order valence-corrected chi connectivity index (χ2v) is 4.30. The lowest BCUT2D eigenvalue weighted by molar-refractivity contribution is 0.114. The van der Waals surface area contributed by atoms with Crippen LogP contribution in [0.15, 0.2) is 12.3 Å². The molecule has 1 heterocycles. The van der Waals surface area contributed by atoms with Crippen molar-refractivity contribution in [2.75, 3.05) is 17.6 Å². The first-order chi connectivity index (χ1) is 8.62. The van der Waals surface area contributed by atoms with E-state index in [4.69, 9.17) is 11.0 Å². The molecule has 0 saturated carbocycles. The van der Waals surface area contributed by atoms with Crippen LogP contribution in [-0.4, -0.2) is 22.7 Å². The highest BCUT2D eigenvalue weighted by Crippen LogP contribution is 2.18. The highest BCUT2D eigenvalue weighted by atomic mass is 16.3. The molecule has 1 aromatic rings. The molecule has 5 nitrogen and oxygen atoms in total. The van der Waals surface area contributed by atoms with Gasteiger partial charge in [-0.3, -0.25) is 0 Å². The van der Waals surface area contributed by atoms with Gasteiger partial charge in [0, 0.05) is 12.7 Å². The maximum atomic E-state index is 9.98. The summed E-state index contributed by atoms with van der Waals surface area (Å²) in [5, 5.41) is 21.7. The van der Waals surface area contributed by atoms with Crippen molar-refractivity contribution in [3.8, 4) is 6.07 Å². The van der Waals surface area contributed by atoms with Gasteiger partial charge in [0.05, 0.1) is 17.4 Å². The molecule has 0 fully saturated rings. The zero-order valence-electron chi connectivity index (χ0n) is 10.8. The van der Waals surface area contributed by atoms with Crippen LogP contribution >= 0.6 is 0 Å². The van der Waals surface area contributed by atoms with Gasteiger partial charge < -0.3 is 16.2 Å². The zero-order valence-corrected chi connectivity index (χ0v) is 10.8. The van der Waals surface area contributed by atoms with Crippen LogP contribution in [0.1, 0.15) is 32.3 Å². The van der Waals surface area contributed by atoms with Gasteiger partial charge in [-0.1, -0.05) is 26.7 Å². The average Bonchev–Trinajstić information content (AvgIpc) is 2.38. The van der Waals surface area contributed by atoms with E-state index in [2.05, 4.69) is 24.1 Å². The van der Waals surface area contributed by atoms with Gasteiger partial charge in [0.25, 0.3) is 0 Å². The first kappa shape index (κ1) is 14.3. The summed E-state index contributed by atoms with van der Waals surface area (Å²) in [4.78, 5) is 4.06. The fourth-order valence-electron chi connectivity index (χ4n) is 1.89. The second kappa shape index (κ2) is 6.82. The summed E-state index contributed by atoms with van der Waals surface area (Å²) in [6, 6.07) is 3.54. The Labute approximate surface area is 108 Å². The van der Waals surface area contributed by atoms with E-state index >= 15 is 0 Å². The van der Waals surface area contributed by atoms with Crippen LogP contribution in [0.4, 0.5) is 11.5 Å². The number of aliphatic hydroxyl groups is 1. The third-order valence-corrected chi connectivity index (χ3v) is 3.12. The van der Waals surface area contributed by atoms with E-state index in [1.54, 1.807) is 6.07 Å². The lowest BCUT2D eigenvalue weighted by Gasteiger charge is -2.20. The molecular formula is C13H20N4O. The number of nitrogen functional groups attached to an aromatic ring is 1. The number of hydrogen-bond donors (Lipinski definition) is 3. The van der Waals surface area contributed by atoms with Crippen molar-refractivity contribution >= 4 is 11.5 Å². The molecule has 18 heavy (non-hydrogen) atoms. The summed E-state index contributed by atoms with van der Waals surface area (Å²) < 4.78 is 0. The van der Waals surface area contributed by atoms with Gasteiger partial charge in [0.2, 0.25) is 0 Å². The lowest BCUT2D eigenvalue weighted by Crippen LogP contribution is -2.28. The van der Waals surface area contributed by atoms with Gasteiger partial charge in [-0.2, -0.15) is 5.26 Å². The minimum Gasteiger partial charge on any atom is -0.396 e. The molecule has 0 bridgehead atoms. The van der Waals surface area contributed by atoms with Crippen LogP contribution in [0, 0.1) is 17.2 Å². The summed E-state index contributed by atoms with van der Waals surface area (Å²) in [5.41, 5.74) is 6.62. The summed E-state index contributed by atoms with van der Waals surface area (Å²) >= 11 is 0. The van der Waals surface area contributed by atoms with Crippen molar-refractivity contribution in [2.45, 2.75) is 32.8 Å². The van der Waals surface area contributed by atoms with Gasteiger partial charge >= 0.3 is 0 Å². The fourth-order valence-corrected chi connectivity index (χ4v) is 1.89. The molecule has 0 aliphatic carbocycles. The first-order valence-corrected chi connectivity index (χ1v) is 6.19. The number of nitrogens with two attached hydrogens (primary N) is 1. The lowest BCUT2D eigenvalue weighted by atomic mass is 9.96. The summed E-state index contributed by atoms with van der Waals surface area (Å²) in [5.74, 6) is 0.788. The molecule has 1 unspecified atom stereocenters. The number of anilines is 2. The summed E-state index contributed by atoms with van der Waals surface area (Å²) in [7, 11) is 0. The van der Waals surface area contributed by atoms with Crippen molar-refractivity contribution in [3.63, 3.8) is 0 Å². The van der Waals surface area contributed by atoms with Crippen LogP contribution in [-0.2, 0) is 0 Å². The second-order valence-electron chi connectivity index (χ2n) is 4.30. The van der Waals surface area contributed by atoms with Gasteiger partial charge in [-0.05, 0) is 12.0 Å². The summed E-state index contributed by atoms with van der Waals surface area (Å²) in [6.45, 7) is 4.53. The minimum absolute atomic E-state index is 0.275. The Morgan fingerprint density at radius 3 is 2.67 bits per heavy atom. The van der Waals surface area contributed by atoms with Crippen LogP contribution in [0.25, 0.3) is 0 Å². The van der Waals surface area contributed by atoms with E-state index in [9.17, 15) is 5.11 Å². The third-order valence-electron chi connectivity index (χ3n) is 3.12. The smallest absolute Gasteiger partial charge is 0.149 e. The predicted molar refractivity (Wildman–Crippen MR) is 71.9 cm³/mol. The monoisotopic (exact) mass is 248 g/mol. The van der Waals surface area contributed by atoms with Crippen LogP contribution < -0.4 is 11.1 Å². The topological polar surface area (TPSA) is 95.0 Å². The predicted octanol–water partition coefficient (Wildman–Crippen LogP) is 1.74. The van der Waals surface area contributed by atoms with Crippen molar-refractivity contribution in [2.24, 2.45) is 5.92 Å². The van der Waals surface area contributed by atoms with Crippen molar-refractivity contribution in [1.82, 2.24) is 4.98 Å². The molecule has 0 aliphatic heterocycles. The Bertz CT molecular complexity index is 423. The Morgan fingerprint density at radius 2 is 2.17 bits per heavy atom. The van der Waals surface area contributed by atoms with Gasteiger partial charge in [0.1, 0.15) is 11.9 Å². The molecule has 0 amide bonds. The van der Waals surface area contributed by atoms with Crippen LogP contribution in [0.2, 0.25) is 0 Å².